The highest BCUT2D eigenvalue weighted by molar-refractivity contribution is 9.10. The lowest BCUT2D eigenvalue weighted by molar-refractivity contribution is -0.128. The fourth-order valence-electron chi connectivity index (χ4n) is 1.58. The van der Waals surface area contributed by atoms with Gasteiger partial charge in [-0.15, -0.1) is 0 Å². The Hall–Kier alpha value is -1.37. The van der Waals surface area contributed by atoms with Crippen molar-refractivity contribution in [3.05, 3.63) is 21.0 Å². The number of unbranched alkanes of at least 4 members (excludes halogenated alkanes) is 1. The molecule has 7 heteroatoms. The van der Waals surface area contributed by atoms with Crippen molar-refractivity contribution in [2.24, 2.45) is 0 Å². The van der Waals surface area contributed by atoms with E-state index < -0.39 is 0 Å². The quantitative estimate of drug-likeness (QED) is 0.817. The largest absolute Gasteiger partial charge is 0.382 e. The van der Waals surface area contributed by atoms with Gasteiger partial charge in [-0.1, -0.05) is 13.3 Å². The van der Waals surface area contributed by atoms with Crippen molar-refractivity contribution in [1.82, 2.24) is 14.7 Å². The topological polar surface area (TPSA) is 67.2 Å². The number of hydrogen-bond acceptors (Lipinski definition) is 4. The van der Waals surface area contributed by atoms with E-state index in [1.54, 1.807) is 20.3 Å². The normalized spacial score (nSPS) is 10.4. The molecule has 0 fully saturated rings. The van der Waals surface area contributed by atoms with Crippen LogP contribution in [0.1, 0.15) is 26.2 Å². The van der Waals surface area contributed by atoms with Gasteiger partial charge in [-0.05, 0) is 22.4 Å². The van der Waals surface area contributed by atoms with Gasteiger partial charge in [0.05, 0.1) is 11.9 Å². The minimum absolute atomic E-state index is 0.0397. The van der Waals surface area contributed by atoms with Crippen molar-refractivity contribution < 1.29 is 4.79 Å². The molecule has 1 aromatic rings. The summed E-state index contributed by atoms with van der Waals surface area (Å²) in [6.07, 6.45) is 3.92. The highest BCUT2D eigenvalue weighted by Crippen LogP contribution is 2.16. The Labute approximate surface area is 127 Å². The van der Waals surface area contributed by atoms with Gasteiger partial charge in [0.1, 0.15) is 4.47 Å². The molecule has 1 amide bonds. The summed E-state index contributed by atoms with van der Waals surface area (Å²) in [5.41, 5.74) is 0.469. The zero-order valence-corrected chi connectivity index (χ0v) is 13.7. The summed E-state index contributed by atoms with van der Waals surface area (Å²) >= 11 is 3.29. The van der Waals surface area contributed by atoms with E-state index in [1.165, 1.54) is 9.58 Å². The van der Waals surface area contributed by atoms with Crippen LogP contribution in [0.2, 0.25) is 0 Å². The van der Waals surface area contributed by atoms with Gasteiger partial charge in [0, 0.05) is 33.6 Å². The molecule has 20 heavy (non-hydrogen) atoms. The maximum Gasteiger partial charge on any atom is 0.283 e. The summed E-state index contributed by atoms with van der Waals surface area (Å²) in [6, 6.07) is 0. The lowest BCUT2D eigenvalue weighted by Crippen LogP contribution is -2.26. The molecule has 112 valence electrons. The lowest BCUT2D eigenvalue weighted by atomic mass is 10.3. The van der Waals surface area contributed by atoms with Gasteiger partial charge in [-0.3, -0.25) is 9.59 Å². The van der Waals surface area contributed by atoms with Gasteiger partial charge in [0.2, 0.25) is 5.91 Å². The second-order valence-corrected chi connectivity index (χ2v) is 5.51. The monoisotopic (exact) mass is 344 g/mol. The maximum absolute atomic E-state index is 12.0. The Morgan fingerprint density at radius 3 is 2.80 bits per heavy atom. The van der Waals surface area contributed by atoms with Gasteiger partial charge >= 0.3 is 0 Å². The number of aromatic nitrogens is 2. The van der Waals surface area contributed by atoms with Crippen molar-refractivity contribution in [3.8, 4) is 0 Å². The van der Waals surface area contributed by atoms with Gasteiger partial charge < -0.3 is 10.2 Å². The van der Waals surface area contributed by atoms with E-state index in [0.717, 1.165) is 12.8 Å². The van der Waals surface area contributed by atoms with E-state index in [0.29, 0.717) is 29.7 Å². The zero-order valence-electron chi connectivity index (χ0n) is 12.1. The number of halogens is 1. The first-order valence-corrected chi connectivity index (χ1v) is 7.46. The Bertz CT molecular complexity index is 514. The highest BCUT2D eigenvalue weighted by atomic mass is 79.9. The van der Waals surface area contributed by atoms with Crippen molar-refractivity contribution >= 4 is 27.5 Å². The maximum atomic E-state index is 12.0. The predicted molar refractivity (Wildman–Crippen MR) is 82.9 cm³/mol. The Morgan fingerprint density at radius 2 is 2.20 bits per heavy atom. The van der Waals surface area contributed by atoms with Crippen molar-refractivity contribution in [2.45, 2.75) is 32.7 Å². The number of carbonyl (C=O) groups excluding carboxylic acids is 1. The third kappa shape index (κ3) is 4.63. The molecule has 1 rings (SSSR count). The van der Waals surface area contributed by atoms with Gasteiger partial charge in [-0.25, -0.2) is 4.68 Å². The number of nitrogens with zero attached hydrogens (tertiary/aromatic N) is 3. The van der Waals surface area contributed by atoms with Crippen LogP contribution in [0.4, 0.5) is 5.69 Å². The minimum atomic E-state index is -0.151. The average molecular weight is 345 g/mol. The van der Waals surface area contributed by atoms with E-state index >= 15 is 0 Å². The van der Waals surface area contributed by atoms with Crippen molar-refractivity contribution in [3.63, 3.8) is 0 Å². The van der Waals surface area contributed by atoms with E-state index in [-0.39, 0.29) is 11.5 Å². The Balaban J connectivity index is 2.66. The summed E-state index contributed by atoms with van der Waals surface area (Å²) in [6.45, 7) is 3.15. The van der Waals surface area contributed by atoms with Crippen LogP contribution in [0.5, 0.6) is 0 Å². The number of rotatable bonds is 7. The third-order valence-electron chi connectivity index (χ3n) is 2.86. The predicted octanol–water partition coefficient (Wildman–Crippen LogP) is 1.70. The molecule has 0 saturated carbocycles. The van der Waals surface area contributed by atoms with Crippen LogP contribution in [0.25, 0.3) is 0 Å². The first-order chi connectivity index (χ1) is 9.47. The van der Waals surface area contributed by atoms with Crippen LogP contribution in [-0.4, -0.2) is 41.2 Å². The second kappa shape index (κ2) is 8.04. The Kier molecular flexibility index (Phi) is 6.70. The van der Waals surface area contributed by atoms with Crippen LogP contribution < -0.4 is 10.9 Å². The number of aryl methyl sites for hydroxylation is 1. The molecule has 0 unspecified atom stereocenters. The molecule has 0 aliphatic rings. The molecule has 0 atom stereocenters. The third-order valence-corrected chi connectivity index (χ3v) is 3.63. The fraction of sp³-hybridized carbons (Fsp3) is 0.615. The standard InChI is InChI=1S/C13H21BrN4O2/c1-4-5-8-18-13(20)12(14)10(9-16-18)15-7-6-11(19)17(2)3/h9,15H,4-8H2,1-3H3. The lowest BCUT2D eigenvalue weighted by Gasteiger charge is -2.12. The number of anilines is 1. The van der Waals surface area contributed by atoms with E-state index in [4.69, 9.17) is 0 Å². The smallest absolute Gasteiger partial charge is 0.283 e. The second-order valence-electron chi connectivity index (χ2n) is 4.72. The molecule has 0 aliphatic carbocycles. The van der Waals surface area contributed by atoms with Crippen LogP contribution in [0.15, 0.2) is 15.5 Å². The SMILES string of the molecule is CCCCn1ncc(NCCC(=O)N(C)C)c(Br)c1=O. The fourth-order valence-corrected chi connectivity index (χ4v) is 2.03. The van der Waals surface area contributed by atoms with Crippen molar-refractivity contribution in [2.75, 3.05) is 26.0 Å². The molecule has 0 aromatic carbocycles. The van der Waals surface area contributed by atoms with Crippen LogP contribution in [-0.2, 0) is 11.3 Å². The minimum Gasteiger partial charge on any atom is -0.382 e. The van der Waals surface area contributed by atoms with Crippen molar-refractivity contribution in [1.29, 1.82) is 0 Å². The average Bonchev–Trinajstić information content (AvgIpc) is 2.42. The summed E-state index contributed by atoms with van der Waals surface area (Å²) in [7, 11) is 3.43. The van der Waals surface area contributed by atoms with Gasteiger partial charge in [0.15, 0.2) is 0 Å². The summed E-state index contributed by atoms with van der Waals surface area (Å²) in [5.74, 6) is 0.0397. The summed E-state index contributed by atoms with van der Waals surface area (Å²) < 4.78 is 1.91. The summed E-state index contributed by atoms with van der Waals surface area (Å²) in [5, 5.41) is 7.18. The molecule has 1 aromatic heterocycles. The molecule has 0 radical (unpaired) electrons. The molecular formula is C13H21BrN4O2. The van der Waals surface area contributed by atoms with Crippen LogP contribution in [0.3, 0.4) is 0 Å². The summed E-state index contributed by atoms with van der Waals surface area (Å²) in [4.78, 5) is 25.0. The number of amides is 1. The molecule has 1 heterocycles. The molecular weight excluding hydrogens is 324 g/mol. The number of hydrogen-bond donors (Lipinski definition) is 1. The first kappa shape index (κ1) is 16.7. The number of carbonyl (C=O) groups is 1. The van der Waals surface area contributed by atoms with Crippen LogP contribution >= 0.6 is 15.9 Å². The molecule has 0 bridgehead atoms. The van der Waals surface area contributed by atoms with E-state index in [2.05, 4.69) is 33.3 Å². The van der Waals surface area contributed by atoms with Gasteiger partial charge in [0.25, 0.3) is 5.56 Å². The molecule has 0 spiro atoms. The molecule has 6 nitrogen and oxygen atoms in total. The first-order valence-electron chi connectivity index (χ1n) is 6.67. The Morgan fingerprint density at radius 1 is 1.50 bits per heavy atom. The molecule has 1 N–H and O–H groups in total. The zero-order chi connectivity index (χ0) is 15.1. The highest BCUT2D eigenvalue weighted by Gasteiger charge is 2.09. The number of nitrogens with one attached hydrogen (secondary N) is 1. The van der Waals surface area contributed by atoms with E-state index in [1.807, 2.05) is 0 Å². The molecule has 0 aliphatic heterocycles. The van der Waals surface area contributed by atoms with Crippen LogP contribution in [0, 0.1) is 0 Å². The van der Waals surface area contributed by atoms with Gasteiger partial charge in [-0.2, -0.15) is 5.10 Å². The van der Waals surface area contributed by atoms with E-state index in [9.17, 15) is 9.59 Å². The molecule has 0 saturated heterocycles.